The first-order chi connectivity index (χ1) is 6.72. The molecule has 0 fully saturated rings. The van der Waals surface area contributed by atoms with Crippen LogP contribution in [0.25, 0.3) is 0 Å². The number of fused-ring (bicyclic) bond motifs is 1. The third-order valence-electron chi connectivity index (χ3n) is 2.52. The van der Waals surface area contributed by atoms with Crippen molar-refractivity contribution in [3.63, 3.8) is 0 Å². The summed E-state index contributed by atoms with van der Waals surface area (Å²) >= 11 is 0. The molecule has 14 heavy (non-hydrogen) atoms. The maximum absolute atomic E-state index is 9.16. The van der Waals surface area contributed by atoms with Gasteiger partial charge in [-0.05, 0) is 0 Å². The first-order valence-corrected chi connectivity index (χ1v) is 5.03. The van der Waals surface area contributed by atoms with Crippen molar-refractivity contribution < 1.29 is 9.52 Å². The zero-order valence-corrected chi connectivity index (χ0v) is 8.58. The molecule has 0 amide bonds. The molecule has 1 aliphatic rings. The smallest absolute Gasteiger partial charge is 0.197 e. The second kappa shape index (κ2) is 3.71. The van der Waals surface area contributed by atoms with Gasteiger partial charge in [-0.15, -0.1) is 0 Å². The number of nitrogens with zero attached hydrogens (tertiary/aromatic N) is 1. The van der Waals surface area contributed by atoms with Crippen LogP contribution in [-0.2, 0) is 6.54 Å². The van der Waals surface area contributed by atoms with Crippen molar-refractivity contribution in [2.24, 2.45) is 0 Å². The van der Waals surface area contributed by atoms with E-state index in [1.54, 1.807) is 0 Å². The lowest BCUT2D eigenvalue weighted by Gasteiger charge is -2.18. The molecule has 1 aromatic rings. The van der Waals surface area contributed by atoms with E-state index in [1.165, 1.54) is 0 Å². The quantitative estimate of drug-likeness (QED) is 0.740. The lowest BCUT2D eigenvalue weighted by Crippen LogP contribution is -2.29. The summed E-state index contributed by atoms with van der Waals surface area (Å²) in [4.78, 5) is 4.44. The number of aliphatic hydroxyl groups is 1. The highest BCUT2D eigenvalue weighted by atomic mass is 16.4. The van der Waals surface area contributed by atoms with Crippen LogP contribution in [0.5, 0.6) is 0 Å². The molecule has 0 saturated carbocycles. The van der Waals surface area contributed by atoms with Gasteiger partial charge in [-0.3, -0.25) is 0 Å². The summed E-state index contributed by atoms with van der Waals surface area (Å²) in [6, 6.07) is 0. The Morgan fingerprint density at radius 3 is 3.07 bits per heavy atom. The third kappa shape index (κ3) is 1.55. The molecule has 1 aromatic heterocycles. The van der Waals surface area contributed by atoms with Crippen LogP contribution in [0.1, 0.15) is 43.0 Å². The van der Waals surface area contributed by atoms with E-state index in [0.29, 0.717) is 5.92 Å². The standard InChI is InChI=1S/C10H16N2O2/c1-6(2)10-12-9-7(5-13)3-11-4-8(9)14-10/h6-7,11,13H,3-5H2,1-2H3. The molecule has 0 aromatic carbocycles. The van der Waals surface area contributed by atoms with Crippen molar-refractivity contribution in [2.45, 2.75) is 32.2 Å². The summed E-state index contributed by atoms with van der Waals surface area (Å²) in [5.74, 6) is 2.06. The van der Waals surface area contributed by atoms with Gasteiger partial charge in [0.05, 0.1) is 18.8 Å². The van der Waals surface area contributed by atoms with Crippen LogP contribution < -0.4 is 5.32 Å². The van der Waals surface area contributed by atoms with Gasteiger partial charge in [-0.25, -0.2) is 4.98 Å². The Balaban J connectivity index is 2.33. The van der Waals surface area contributed by atoms with Gasteiger partial charge in [0.15, 0.2) is 5.89 Å². The maximum Gasteiger partial charge on any atom is 0.197 e. The normalized spacial score (nSPS) is 21.3. The lowest BCUT2D eigenvalue weighted by atomic mass is 10.0. The van der Waals surface area contributed by atoms with Crippen molar-refractivity contribution >= 4 is 0 Å². The van der Waals surface area contributed by atoms with Crippen molar-refractivity contribution in [2.75, 3.05) is 13.2 Å². The number of oxazole rings is 1. The molecule has 0 bridgehead atoms. The van der Waals surface area contributed by atoms with Crippen molar-refractivity contribution in [1.29, 1.82) is 0 Å². The van der Waals surface area contributed by atoms with E-state index in [-0.39, 0.29) is 12.5 Å². The summed E-state index contributed by atoms with van der Waals surface area (Å²) in [5.41, 5.74) is 0.940. The number of hydrogen-bond acceptors (Lipinski definition) is 4. The lowest BCUT2D eigenvalue weighted by molar-refractivity contribution is 0.250. The summed E-state index contributed by atoms with van der Waals surface area (Å²) in [5, 5.41) is 12.4. The van der Waals surface area contributed by atoms with Gasteiger partial charge in [0.2, 0.25) is 0 Å². The molecule has 2 rings (SSSR count). The Morgan fingerprint density at radius 2 is 2.43 bits per heavy atom. The van der Waals surface area contributed by atoms with Crippen LogP contribution in [0.15, 0.2) is 4.42 Å². The third-order valence-corrected chi connectivity index (χ3v) is 2.52. The van der Waals surface area contributed by atoms with Crippen molar-refractivity contribution in [3.05, 3.63) is 17.3 Å². The number of nitrogens with one attached hydrogen (secondary N) is 1. The largest absolute Gasteiger partial charge is 0.444 e. The summed E-state index contributed by atoms with van der Waals surface area (Å²) in [6.07, 6.45) is 0. The maximum atomic E-state index is 9.16. The highest BCUT2D eigenvalue weighted by molar-refractivity contribution is 5.19. The van der Waals surface area contributed by atoms with Crippen LogP contribution in [0.3, 0.4) is 0 Å². The molecule has 1 atom stereocenters. The topological polar surface area (TPSA) is 58.3 Å². The molecule has 1 aliphatic heterocycles. The number of aromatic nitrogens is 1. The van der Waals surface area contributed by atoms with Crippen LogP contribution >= 0.6 is 0 Å². The van der Waals surface area contributed by atoms with Gasteiger partial charge in [-0.1, -0.05) is 13.8 Å². The van der Waals surface area contributed by atoms with Gasteiger partial charge in [-0.2, -0.15) is 0 Å². The fraction of sp³-hybridized carbons (Fsp3) is 0.700. The van der Waals surface area contributed by atoms with E-state index < -0.39 is 0 Å². The van der Waals surface area contributed by atoms with Crippen LogP contribution in [-0.4, -0.2) is 23.2 Å². The van der Waals surface area contributed by atoms with E-state index in [4.69, 9.17) is 9.52 Å². The first kappa shape index (κ1) is 9.68. The summed E-state index contributed by atoms with van der Waals surface area (Å²) < 4.78 is 5.61. The predicted octanol–water partition coefficient (Wildman–Crippen LogP) is 0.977. The Kier molecular flexibility index (Phi) is 2.56. The number of rotatable bonds is 2. The zero-order chi connectivity index (χ0) is 10.1. The van der Waals surface area contributed by atoms with E-state index in [1.807, 2.05) is 0 Å². The van der Waals surface area contributed by atoms with E-state index in [9.17, 15) is 0 Å². The average Bonchev–Trinajstić information content (AvgIpc) is 2.60. The fourth-order valence-corrected chi connectivity index (χ4v) is 1.68. The Bertz CT molecular complexity index is 320. The molecule has 0 radical (unpaired) electrons. The van der Waals surface area contributed by atoms with Crippen molar-refractivity contribution in [1.82, 2.24) is 10.3 Å². The molecule has 2 N–H and O–H groups in total. The Labute approximate surface area is 83.3 Å². The second-order valence-electron chi connectivity index (χ2n) is 4.03. The SMILES string of the molecule is CC(C)c1nc2c(o1)CNCC2CO. The molecule has 78 valence electrons. The molecule has 2 heterocycles. The minimum absolute atomic E-state index is 0.0926. The average molecular weight is 196 g/mol. The molecule has 0 saturated heterocycles. The van der Waals surface area contributed by atoms with Crippen LogP contribution in [0, 0.1) is 0 Å². The second-order valence-corrected chi connectivity index (χ2v) is 4.03. The molecular formula is C10H16N2O2. The van der Waals surface area contributed by atoms with Gasteiger partial charge in [0, 0.05) is 18.4 Å². The zero-order valence-electron chi connectivity index (χ0n) is 8.58. The molecule has 0 aliphatic carbocycles. The minimum atomic E-state index is 0.0926. The Morgan fingerprint density at radius 1 is 1.64 bits per heavy atom. The molecule has 4 nitrogen and oxygen atoms in total. The highest BCUT2D eigenvalue weighted by Crippen LogP contribution is 2.26. The van der Waals surface area contributed by atoms with Gasteiger partial charge in [0.1, 0.15) is 5.76 Å². The first-order valence-electron chi connectivity index (χ1n) is 5.03. The Hall–Kier alpha value is -0.870. The molecule has 4 heteroatoms. The molecule has 1 unspecified atom stereocenters. The number of hydrogen-bond donors (Lipinski definition) is 2. The minimum Gasteiger partial charge on any atom is -0.444 e. The number of aliphatic hydroxyl groups excluding tert-OH is 1. The highest BCUT2D eigenvalue weighted by Gasteiger charge is 2.25. The van der Waals surface area contributed by atoms with E-state index >= 15 is 0 Å². The van der Waals surface area contributed by atoms with E-state index in [0.717, 1.165) is 30.4 Å². The summed E-state index contributed by atoms with van der Waals surface area (Å²) in [6.45, 7) is 5.75. The van der Waals surface area contributed by atoms with Crippen LogP contribution in [0.2, 0.25) is 0 Å². The van der Waals surface area contributed by atoms with E-state index in [2.05, 4.69) is 24.1 Å². The molecule has 0 spiro atoms. The van der Waals surface area contributed by atoms with Crippen molar-refractivity contribution in [3.8, 4) is 0 Å². The predicted molar refractivity (Wildman–Crippen MR) is 52.1 cm³/mol. The monoisotopic (exact) mass is 196 g/mol. The fourth-order valence-electron chi connectivity index (χ4n) is 1.68. The molecular weight excluding hydrogens is 180 g/mol. The van der Waals surface area contributed by atoms with Gasteiger partial charge < -0.3 is 14.8 Å². The van der Waals surface area contributed by atoms with Crippen LogP contribution in [0.4, 0.5) is 0 Å². The summed E-state index contributed by atoms with van der Waals surface area (Å²) in [7, 11) is 0. The van der Waals surface area contributed by atoms with Gasteiger partial charge >= 0.3 is 0 Å². The van der Waals surface area contributed by atoms with Gasteiger partial charge in [0.25, 0.3) is 0 Å².